The van der Waals surface area contributed by atoms with Gasteiger partial charge >= 0.3 is 0 Å². The molecule has 1 aliphatic rings. The third-order valence-corrected chi connectivity index (χ3v) is 2.30. The average Bonchev–Trinajstić information content (AvgIpc) is 2.12. The number of phenols is 1. The van der Waals surface area contributed by atoms with Crippen LogP contribution in [0.1, 0.15) is 11.1 Å². The minimum absolute atomic E-state index is 0.0422. The Morgan fingerprint density at radius 1 is 1.21 bits per heavy atom. The summed E-state index contributed by atoms with van der Waals surface area (Å²) in [4.78, 5) is 0. The molecule has 1 aromatic rings. The Bertz CT molecular complexity index is 395. The first-order chi connectivity index (χ1) is 6.51. The average molecular weight is 194 g/mol. The minimum atomic E-state index is -2.28. The quantitative estimate of drug-likeness (QED) is 0.435. The Hall–Kier alpha value is -1.36. The Labute approximate surface area is 80.4 Å². The molecule has 74 valence electrons. The highest BCUT2D eigenvalue weighted by molar-refractivity contribution is 5.61. The van der Waals surface area contributed by atoms with Gasteiger partial charge in [-0.3, -0.25) is 0 Å². The topological polar surface area (TPSA) is 80.9 Å². The molecule has 0 heterocycles. The van der Waals surface area contributed by atoms with Gasteiger partial charge in [0, 0.05) is 5.56 Å². The maximum atomic E-state index is 9.56. The number of phenolic OH excluding ortho intramolecular Hbond substituents is 1. The van der Waals surface area contributed by atoms with E-state index >= 15 is 0 Å². The first-order valence-corrected chi connectivity index (χ1v) is 4.16. The van der Waals surface area contributed by atoms with Crippen LogP contribution in [0.3, 0.4) is 0 Å². The Balaban J connectivity index is 2.61. The first kappa shape index (κ1) is 9.21. The second-order valence-corrected chi connectivity index (χ2v) is 3.30. The highest BCUT2D eigenvalue weighted by Crippen LogP contribution is 2.33. The maximum Gasteiger partial charge on any atom is 0.221 e. The minimum Gasteiger partial charge on any atom is -0.508 e. The van der Waals surface area contributed by atoms with Gasteiger partial charge in [-0.25, -0.2) is 0 Å². The van der Waals surface area contributed by atoms with Gasteiger partial charge in [0.2, 0.25) is 5.79 Å². The molecule has 1 aromatic carbocycles. The van der Waals surface area contributed by atoms with Crippen molar-refractivity contribution in [1.82, 2.24) is 0 Å². The van der Waals surface area contributed by atoms with Gasteiger partial charge in [0.1, 0.15) is 11.9 Å². The summed E-state index contributed by atoms with van der Waals surface area (Å²) in [7, 11) is 0. The van der Waals surface area contributed by atoms with Gasteiger partial charge in [0.25, 0.3) is 0 Å². The zero-order valence-corrected chi connectivity index (χ0v) is 7.25. The molecule has 14 heavy (non-hydrogen) atoms. The molecule has 0 aromatic heterocycles. The molecule has 4 N–H and O–H groups in total. The number of aliphatic hydroxyl groups is 3. The van der Waals surface area contributed by atoms with Crippen molar-refractivity contribution >= 4 is 6.08 Å². The van der Waals surface area contributed by atoms with E-state index in [0.29, 0.717) is 5.56 Å². The zero-order chi connectivity index (χ0) is 10.3. The molecule has 4 nitrogen and oxygen atoms in total. The second kappa shape index (κ2) is 2.81. The molecule has 1 atom stereocenters. The number of rotatable bonds is 0. The van der Waals surface area contributed by atoms with Crippen molar-refractivity contribution in [1.29, 1.82) is 0 Å². The van der Waals surface area contributed by atoms with Crippen molar-refractivity contribution in [2.75, 3.05) is 0 Å². The van der Waals surface area contributed by atoms with E-state index in [9.17, 15) is 15.3 Å². The summed E-state index contributed by atoms with van der Waals surface area (Å²) in [6.07, 6.45) is 1.45. The highest BCUT2D eigenvalue weighted by Gasteiger charge is 2.37. The van der Waals surface area contributed by atoms with Crippen molar-refractivity contribution < 1.29 is 20.4 Å². The Morgan fingerprint density at radius 3 is 2.64 bits per heavy atom. The normalized spacial score (nSPS) is 23.2. The summed E-state index contributed by atoms with van der Waals surface area (Å²) in [6.45, 7) is 0. The molecule has 2 rings (SSSR count). The summed E-state index contributed by atoms with van der Waals surface area (Å²) >= 11 is 0. The molecular formula is C10H10O4. The van der Waals surface area contributed by atoms with Crippen LogP contribution in [0.15, 0.2) is 24.3 Å². The van der Waals surface area contributed by atoms with Gasteiger partial charge in [-0.05, 0) is 29.8 Å². The molecule has 0 saturated carbocycles. The van der Waals surface area contributed by atoms with Crippen LogP contribution in [-0.2, 0) is 5.79 Å². The maximum absolute atomic E-state index is 9.56. The van der Waals surface area contributed by atoms with Gasteiger partial charge < -0.3 is 20.4 Å². The number of aromatic hydroxyl groups is 1. The summed E-state index contributed by atoms with van der Waals surface area (Å²) in [5.41, 5.74) is 0.672. The van der Waals surface area contributed by atoms with E-state index in [0.717, 1.165) is 0 Å². The summed E-state index contributed by atoms with van der Waals surface area (Å²) in [5.74, 6) is -2.24. The van der Waals surface area contributed by atoms with E-state index in [4.69, 9.17) is 5.11 Å². The van der Waals surface area contributed by atoms with Crippen molar-refractivity contribution in [2.45, 2.75) is 11.9 Å². The molecule has 1 unspecified atom stereocenters. The Morgan fingerprint density at radius 2 is 1.93 bits per heavy atom. The van der Waals surface area contributed by atoms with Crippen molar-refractivity contribution in [3.63, 3.8) is 0 Å². The lowest BCUT2D eigenvalue weighted by Gasteiger charge is -2.30. The van der Waals surface area contributed by atoms with Crippen LogP contribution in [0.25, 0.3) is 6.08 Å². The van der Waals surface area contributed by atoms with Crippen LogP contribution in [0.2, 0.25) is 0 Å². The molecule has 0 amide bonds. The van der Waals surface area contributed by atoms with Crippen LogP contribution in [0, 0.1) is 0 Å². The lowest BCUT2D eigenvalue weighted by atomic mass is 9.90. The molecular weight excluding hydrogens is 184 g/mol. The second-order valence-electron chi connectivity index (χ2n) is 3.30. The number of hydrogen-bond acceptors (Lipinski definition) is 4. The van der Waals surface area contributed by atoms with Crippen molar-refractivity contribution in [3.05, 3.63) is 35.4 Å². The van der Waals surface area contributed by atoms with Gasteiger partial charge in [-0.2, -0.15) is 0 Å². The van der Waals surface area contributed by atoms with Gasteiger partial charge in [0.05, 0.1) is 0 Å². The van der Waals surface area contributed by atoms with E-state index in [1.807, 2.05) is 0 Å². The van der Waals surface area contributed by atoms with E-state index in [2.05, 4.69) is 0 Å². The van der Waals surface area contributed by atoms with Crippen LogP contribution in [0.4, 0.5) is 0 Å². The summed E-state index contributed by atoms with van der Waals surface area (Å²) in [6, 6.07) is 4.11. The molecule has 0 radical (unpaired) electrons. The molecule has 1 aliphatic carbocycles. The van der Waals surface area contributed by atoms with Crippen LogP contribution in [0.5, 0.6) is 5.75 Å². The lowest BCUT2D eigenvalue weighted by Crippen LogP contribution is -2.40. The third kappa shape index (κ3) is 1.21. The van der Waals surface area contributed by atoms with E-state index in [-0.39, 0.29) is 11.3 Å². The lowest BCUT2D eigenvalue weighted by molar-refractivity contribution is -0.221. The molecule has 0 spiro atoms. The van der Waals surface area contributed by atoms with Gasteiger partial charge in [0.15, 0.2) is 0 Å². The van der Waals surface area contributed by atoms with Crippen LogP contribution < -0.4 is 0 Å². The fourth-order valence-corrected chi connectivity index (χ4v) is 1.51. The standard InChI is InChI=1S/C10H10O4/c11-7-2-3-8-6(5-7)1-4-9(12)10(8,13)14/h1-5,9,11-14H. The number of hydrogen-bond donors (Lipinski definition) is 4. The monoisotopic (exact) mass is 194 g/mol. The SMILES string of the molecule is Oc1ccc2c(c1)C=CC(O)C2(O)O. The summed E-state index contributed by atoms with van der Waals surface area (Å²) < 4.78 is 0. The smallest absolute Gasteiger partial charge is 0.221 e. The Kier molecular flexibility index (Phi) is 1.85. The largest absolute Gasteiger partial charge is 0.508 e. The predicted octanol–water partition coefficient (Wildman–Crippen LogP) is -0.0827. The fourth-order valence-electron chi connectivity index (χ4n) is 1.51. The summed E-state index contributed by atoms with van der Waals surface area (Å²) in [5, 5.41) is 37.6. The van der Waals surface area contributed by atoms with Crippen LogP contribution >= 0.6 is 0 Å². The number of fused-ring (bicyclic) bond motifs is 1. The van der Waals surface area contributed by atoms with Crippen molar-refractivity contribution in [3.8, 4) is 5.75 Å². The van der Waals surface area contributed by atoms with Gasteiger partial charge in [-0.15, -0.1) is 0 Å². The zero-order valence-electron chi connectivity index (χ0n) is 7.25. The predicted molar refractivity (Wildman–Crippen MR) is 49.3 cm³/mol. The number of benzene rings is 1. The molecule has 0 saturated heterocycles. The molecule has 0 fully saturated rings. The third-order valence-electron chi connectivity index (χ3n) is 2.30. The van der Waals surface area contributed by atoms with Gasteiger partial charge in [-0.1, -0.05) is 6.08 Å². The number of aliphatic hydroxyl groups excluding tert-OH is 1. The van der Waals surface area contributed by atoms with E-state index < -0.39 is 11.9 Å². The van der Waals surface area contributed by atoms with Crippen molar-refractivity contribution in [2.24, 2.45) is 0 Å². The fraction of sp³-hybridized carbons (Fsp3) is 0.200. The molecule has 0 aliphatic heterocycles. The molecule has 0 bridgehead atoms. The molecule has 4 heteroatoms. The first-order valence-electron chi connectivity index (χ1n) is 4.16. The van der Waals surface area contributed by atoms with E-state index in [1.54, 1.807) is 0 Å². The highest BCUT2D eigenvalue weighted by atomic mass is 16.5. The van der Waals surface area contributed by atoms with E-state index in [1.165, 1.54) is 30.4 Å². The van der Waals surface area contributed by atoms with Crippen LogP contribution in [-0.4, -0.2) is 26.5 Å².